The molecule has 2 aromatic rings. The zero-order valence-corrected chi connectivity index (χ0v) is 13.1. The third-order valence-corrected chi connectivity index (χ3v) is 5.17. The molecule has 4 heteroatoms. The summed E-state index contributed by atoms with van der Waals surface area (Å²) in [6, 6.07) is 15.8. The van der Waals surface area contributed by atoms with Crippen LogP contribution in [0.2, 0.25) is 0 Å². The predicted octanol–water partition coefficient (Wildman–Crippen LogP) is 2.17. The van der Waals surface area contributed by atoms with E-state index in [1.54, 1.807) is 12.1 Å². The quantitative estimate of drug-likeness (QED) is 0.892. The standard InChI is InChI=1S/C19H22N2O2/c22-16-7-5-15(6-8-16)20-9-11-21(12-10-20)18-13-14-3-1-2-4-17(14)19(18)23/h1-8,18-19,22-23H,9-13H2. The molecule has 0 spiro atoms. The van der Waals surface area contributed by atoms with Gasteiger partial charge < -0.3 is 15.1 Å². The molecule has 4 nitrogen and oxygen atoms in total. The fourth-order valence-electron chi connectivity index (χ4n) is 3.86. The van der Waals surface area contributed by atoms with Crippen molar-refractivity contribution in [1.29, 1.82) is 0 Å². The van der Waals surface area contributed by atoms with Crippen molar-refractivity contribution in [2.45, 2.75) is 18.6 Å². The number of phenols is 1. The molecule has 0 radical (unpaired) electrons. The Hall–Kier alpha value is -2.04. The number of piperazine rings is 1. The highest BCUT2D eigenvalue weighted by atomic mass is 16.3. The summed E-state index contributed by atoms with van der Waals surface area (Å²) in [5, 5.41) is 20.0. The number of rotatable bonds is 2. The van der Waals surface area contributed by atoms with E-state index in [2.05, 4.69) is 21.9 Å². The van der Waals surface area contributed by atoms with Crippen molar-refractivity contribution in [2.75, 3.05) is 31.1 Å². The largest absolute Gasteiger partial charge is 0.508 e. The molecule has 1 fully saturated rings. The second-order valence-corrected chi connectivity index (χ2v) is 6.45. The van der Waals surface area contributed by atoms with Crippen molar-refractivity contribution in [3.63, 3.8) is 0 Å². The van der Waals surface area contributed by atoms with Gasteiger partial charge in [-0.05, 0) is 41.8 Å². The molecule has 0 bridgehead atoms. The van der Waals surface area contributed by atoms with Crippen LogP contribution in [0.4, 0.5) is 5.69 Å². The molecule has 2 unspecified atom stereocenters. The maximum Gasteiger partial charge on any atom is 0.115 e. The van der Waals surface area contributed by atoms with Crippen LogP contribution in [0.3, 0.4) is 0 Å². The summed E-state index contributed by atoms with van der Waals surface area (Å²) < 4.78 is 0. The normalized spacial score (nSPS) is 24.7. The molecule has 2 N–H and O–H groups in total. The van der Waals surface area contributed by atoms with Gasteiger partial charge in [-0.2, -0.15) is 0 Å². The maximum absolute atomic E-state index is 10.6. The van der Waals surface area contributed by atoms with Gasteiger partial charge in [0, 0.05) is 37.9 Å². The molecule has 0 amide bonds. The summed E-state index contributed by atoms with van der Waals surface area (Å²) >= 11 is 0. The number of phenolic OH excluding ortho intramolecular Hbond substituents is 1. The summed E-state index contributed by atoms with van der Waals surface area (Å²) in [4.78, 5) is 4.76. The van der Waals surface area contributed by atoms with E-state index in [-0.39, 0.29) is 12.1 Å². The molecule has 2 atom stereocenters. The molecule has 120 valence electrons. The smallest absolute Gasteiger partial charge is 0.115 e. The van der Waals surface area contributed by atoms with E-state index in [1.165, 1.54) is 5.56 Å². The number of hydrogen-bond donors (Lipinski definition) is 2. The average Bonchev–Trinajstić information content (AvgIpc) is 2.93. The first-order chi connectivity index (χ1) is 11.2. The number of benzene rings is 2. The fourth-order valence-corrected chi connectivity index (χ4v) is 3.86. The van der Waals surface area contributed by atoms with E-state index in [0.717, 1.165) is 43.9 Å². The Morgan fingerprint density at radius 2 is 1.57 bits per heavy atom. The molecular formula is C19H22N2O2. The Morgan fingerprint density at radius 3 is 2.26 bits per heavy atom. The Balaban J connectivity index is 1.42. The first kappa shape index (κ1) is 14.5. The molecular weight excluding hydrogens is 288 g/mol. The van der Waals surface area contributed by atoms with E-state index in [9.17, 15) is 10.2 Å². The molecule has 2 aromatic carbocycles. The summed E-state index contributed by atoms with van der Waals surface area (Å²) in [5.74, 6) is 0.305. The number of aliphatic hydroxyl groups excluding tert-OH is 1. The lowest BCUT2D eigenvalue weighted by Crippen LogP contribution is -2.51. The molecule has 2 aliphatic rings. The van der Waals surface area contributed by atoms with Gasteiger partial charge in [-0.1, -0.05) is 24.3 Å². The van der Waals surface area contributed by atoms with Gasteiger partial charge in [0.2, 0.25) is 0 Å². The SMILES string of the molecule is Oc1ccc(N2CCN(C3Cc4ccccc4C3O)CC2)cc1. The van der Waals surface area contributed by atoms with Crippen LogP contribution in [0.25, 0.3) is 0 Å². The molecule has 23 heavy (non-hydrogen) atoms. The van der Waals surface area contributed by atoms with Crippen LogP contribution >= 0.6 is 0 Å². The molecule has 1 aliphatic heterocycles. The number of anilines is 1. The minimum atomic E-state index is -0.369. The first-order valence-corrected chi connectivity index (χ1v) is 8.26. The van der Waals surface area contributed by atoms with Crippen molar-refractivity contribution in [2.24, 2.45) is 0 Å². The zero-order valence-electron chi connectivity index (χ0n) is 13.1. The highest BCUT2D eigenvalue weighted by Gasteiger charge is 2.36. The van der Waals surface area contributed by atoms with Crippen LogP contribution in [0.15, 0.2) is 48.5 Å². The van der Waals surface area contributed by atoms with E-state index in [0.29, 0.717) is 5.75 Å². The Labute approximate surface area is 136 Å². The third kappa shape index (κ3) is 2.69. The van der Waals surface area contributed by atoms with Crippen LogP contribution in [0.5, 0.6) is 5.75 Å². The highest BCUT2D eigenvalue weighted by molar-refractivity contribution is 5.49. The van der Waals surface area contributed by atoms with E-state index >= 15 is 0 Å². The average molecular weight is 310 g/mol. The summed E-state index contributed by atoms with van der Waals surface area (Å²) in [7, 11) is 0. The van der Waals surface area contributed by atoms with Crippen LogP contribution < -0.4 is 4.90 Å². The molecule has 1 heterocycles. The molecule has 0 aromatic heterocycles. The van der Waals surface area contributed by atoms with Crippen molar-refractivity contribution < 1.29 is 10.2 Å². The Morgan fingerprint density at radius 1 is 0.870 bits per heavy atom. The summed E-state index contributed by atoms with van der Waals surface area (Å²) in [6.07, 6.45) is 0.572. The van der Waals surface area contributed by atoms with E-state index < -0.39 is 0 Å². The first-order valence-electron chi connectivity index (χ1n) is 8.26. The summed E-state index contributed by atoms with van der Waals surface area (Å²) in [6.45, 7) is 3.81. The van der Waals surface area contributed by atoms with E-state index in [4.69, 9.17) is 0 Å². The summed E-state index contributed by atoms with van der Waals surface area (Å²) in [5.41, 5.74) is 3.53. The lowest BCUT2D eigenvalue weighted by atomic mass is 10.1. The molecule has 1 aliphatic carbocycles. The third-order valence-electron chi connectivity index (χ3n) is 5.17. The van der Waals surface area contributed by atoms with E-state index in [1.807, 2.05) is 24.3 Å². The van der Waals surface area contributed by atoms with Crippen LogP contribution in [-0.2, 0) is 6.42 Å². The van der Waals surface area contributed by atoms with Gasteiger partial charge in [0.1, 0.15) is 5.75 Å². The number of fused-ring (bicyclic) bond motifs is 1. The van der Waals surface area contributed by atoms with Gasteiger partial charge in [0.05, 0.1) is 6.10 Å². The second kappa shape index (κ2) is 5.87. The van der Waals surface area contributed by atoms with Gasteiger partial charge in [-0.3, -0.25) is 4.90 Å². The van der Waals surface area contributed by atoms with Crippen molar-refractivity contribution >= 4 is 5.69 Å². The number of aliphatic hydroxyl groups is 1. The van der Waals surface area contributed by atoms with Gasteiger partial charge in [0.25, 0.3) is 0 Å². The van der Waals surface area contributed by atoms with Gasteiger partial charge >= 0.3 is 0 Å². The van der Waals surface area contributed by atoms with Gasteiger partial charge in [-0.15, -0.1) is 0 Å². The monoisotopic (exact) mass is 310 g/mol. The Bertz CT molecular complexity index is 678. The van der Waals surface area contributed by atoms with Crippen LogP contribution in [0, 0.1) is 0 Å². The minimum absolute atomic E-state index is 0.203. The number of nitrogens with zero attached hydrogens (tertiary/aromatic N) is 2. The number of aromatic hydroxyl groups is 1. The Kier molecular flexibility index (Phi) is 3.71. The molecule has 1 saturated heterocycles. The lowest BCUT2D eigenvalue weighted by Gasteiger charge is -2.40. The minimum Gasteiger partial charge on any atom is -0.508 e. The van der Waals surface area contributed by atoms with Crippen molar-refractivity contribution in [1.82, 2.24) is 4.90 Å². The van der Waals surface area contributed by atoms with Crippen LogP contribution in [-0.4, -0.2) is 47.3 Å². The molecule has 4 rings (SSSR count). The highest BCUT2D eigenvalue weighted by Crippen LogP contribution is 2.35. The predicted molar refractivity (Wildman–Crippen MR) is 90.8 cm³/mol. The number of hydrogen-bond acceptors (Lipinski definition) is 4. The maximum atomic E-state index is 10.6. The van der Waals surface area contributed by atoms with Gasteiger partial charge in [-0.25, -0.2) is 0 Å². The van der Waals surface area contributed by atoms with Crippen LogP contribution in [0.1, 0.15) is 17.2 Å². The lowest BCUT2D eigenvalue weighted by molar-refractivity contribution is 0.0572. The van der Waals surface area contributed by atoms with Crippen molar-refractivity contribution in [3.05, 3.63) is 59.7 Å². The second-order valence-electron chi connectivity index (χ2n) is 6.45. The molecule has 0 saturated carbocycles. The zero-order chi connectivity index (χ0) is 15.8. The fraction of sp³-hybridized carbons (Fsp3) is 0.368. The van der Waals surface area contributed by atoms with Gasteiger partial charge in [0.15, 0.2) is 0 Å². The topological polar surface area (TPSA) is 46.9 Å². The van der Waals surface area contributed by atoms with Crippen molar-refractivity contribution in [3.8, 4) is 5.75 Å².